The third-order valence-electron chi connectivity index (χ3n) is 4.27. The normalized spacial score (nSPS) is 19.1. The molecule has 3 N–H and O–H groups in total. The SMILES string of the molecule is CC(C(=O)O)c1ccc(CNC2(CO)CCOCC2)cc1. The van der Waals surface area contributed by atoms with E-state index in [-0.39, 0.29) is 12.1 Å². The van der Waals surface area contributed by atoms with Crippen LogP contribution >= 0.6 is 0 Å². The second-order valence-electron chi connectivity index (χ2n) is 5.71. The molecule has 0 spiro atoms. The molecule has 1 aromatic carbocycles. The largest absolute Gasteiger partial charge is 0.481 e. The van der Waals surface area contributed by atoms with E-state index >= 15 is 0 Å². The zero-order valence-electron chi connectivity index (χ0n) is 12.3. The van der Waals surface area contributed by atoms with E-state index in [2.05, 4.69) is 5.32 Å². The van der Waals surface area contributed by atoms with Gasteiger partial charge in [-0.25, -0.2) is 0 Å². The quantitative estimate of drug-likeness (QED) is 0.741. The van der Waals surface area contributed by atoms with Gasteiger partial charge in [-0.05, 0) is 30.9 Å². The molecule has 0 saturated carbocycles. The van der Waals surface area contributed by atoms with Crippen molar-refractivity contribution in [2.24, 2.45) is 0 Å². The lowest BCUT2D eigenvalue weighted by Crippen LogP contribution is -2.51. The predicted octanol–water partition coefficient (Wildman–Crippen LogP) is 1.51. The molecule has 0 bridgehead atoms. The maximum Gasteiger partial charge on any atom is 0.310 e. The summed E-state index contributed by atoms with van der Waals surface area (Å²) in [5, 5.41) is 22.0. The first-order valence-corrected chi connectivity index (χ1v) is 7.32. The van der Waals surface area contributed by atoms with Gasteiger partial charge in [-0.1, -0.05) is 24.3 Å². The average Bonchev–Trinajstić information content (AvgIpc) is 2.53. The fourth-order valence-corrected chi connectivity index (χ4v) is 2.51. The number of hydrogen-bond donors (Lipinski definition) is 3. The van der Waals surface area contributed by atoms with Gasteiger partial charge in [0.05, 0.1) is 12.5 Å². The number of benzene rings is 1. The minimum absolute atomic E-state index is 0.102. The Balaban J connectivity index is 1.95. The van der Waals surface area contributed by atoms with Crippen molar-refractivity contribution >= 4 is 5.97 Å². The maximum atomic E-state index is 10.9. The molecule has 1 saturated heterocycles. The number of carbonyl (C=O) groups is 1. The molecule has 1 fully saturated rings. The van der Waals surface area contributed by atoms with Crippen LogP contribution in [0.25, 0.3) is 0 Å². The average molecular weight is 293 g/mol. The number of aliphatic carboxylic acids is 1. The molecule has 0 aliphatic carbocycles. The molecule has 21 heavy (non-hydrogen) atoms. The van der Waals surface area contributed by atoms with Crippen LogP contribution in [0.15, 0.2) is 24.3 Å². The van der Waals surface area contributed by atoms with Crippen LogP contribution in [-0.2, 0) is 16.1 Å². The Labute approximate surface area is 124 Å². The minimum atomic E-state index is -0.817. The van der Waals surface area contributed by atoms with Crippen LogP contribution < -0.4 is 5.32 Å². The smallest absolute Gasteiger partial charge is 0.310 e. The van der Waals surface area contributed by atoms with E-state index in [1.165, 1.54) is 0 Å². The zero-order valence-corrected chi connectivity index (χ0v) is 12.3. The van der Waals surface area contributed by atoms with E-state index in [1.54, 1.807) is 6.92 Å². The highest BCUT2D eigenvalue weighted by atomic mass is 16.5. The first-order valence-electron chi connectivity index (χ1n) is 7.32. The first kappa shape index (κ1) is 15.9. The number of aliphatic hydroxyl groups excluding tert-OH is 1. The van der Waals surface area contributed by atoms with Gasteiger partial charge in [0.15, 0.2) is 0 Å². The van der Waals surface area contributed by atoms with Crippen LogP contribution in [-0.4, -0.2) is 41.5 Å². The van der Waals surface area contributed by atoms with Gasteiger partial charge in [-0.2, -0.15) is 0 Å². The summed E-state index contributed by atoms with van der Waals surface area (Å²) in [7, 11) is 0. The summed E-state index contributed by atoms with van der Waals surface area (Å²) in [5.74, 6) is -1.31. The summed E-state index contributed by atoms with van der Waals surface area (Å²) < 4.78 is 5.34. The highest BCUT2D eigenvalue weighted by molar-refractivity contribution is 5.75. The van der Waals surface area contributed by atoms with E-state index in [4.69, 9.17) is 9.84 Å². The van der Waals surface area contributed by atoms with Crippen molar-refractivity contribution in [2.45, 2.75) is 37.8 Å². The Morgan fingerprint density at radius 3 is 2.48 bits per heavy atom. The van der Waals surface area contributed by atoms with E-state index in [1.807, 2.05) is 24.3 Å². The number of carboxylic acid groups (broad SMARTS) is 1. The highest BCUT2D eigenvalue weighted by Crippen LogP contribution is 2.21. The van der Waals surface area contributed by atoms with Crippen molar-refractivity contribution in [3.63, 3.8) is 0 Å². The van der Waals surface area contributed by atoms with Crippen LogP contribution in [0.3, 0.4) is 0 Å². The Kier molecular flexibility index (Phi) is 5.33. The topological polar surface area (TPSA) is 78.8 Å². The van der Waals surface area contributed by atoms with E-state index in [9.17, 15) is 9.90 Å². The first-order chi connectivity index (χ1) is 10.1. The summed E-state index contributed by atoms with van der Waals surface area (Å²) >= 11 is 0. The lowest BCUT2D eigenvalue weighted by molar-refractivity contribution is -0.138. The Bertz CT molecular complexity index is 466. The van der Waals surface area contributed by atoms with Gasteiger partial charge in [-0.3, -0.25) is 4.79 Å². The van der Waals surface area contributed by atoms with Crippen molar-refractivity contribution in [1.82, 2.24) is 5.32 Å². The van der Waals surface area contributed by atoms with Gasteiger partial charge in [-0.15, -0.1) is 0 Å². The lowest BCUT2D eigenvalue weighted by atomic mass is 9.90. The van der Waals surface area contributed by atoms with Crippen molar-refractivity contribution in [2.75, 3.05) is 19.8 Å². The Morgan fingerprint density at radius 1 is 1.33 bits per heavy atom. The van der Waals surface area contributed by atoms with E-state index in [0.717, 1.165) is 24.0 Å². The third kappa shape index (κ3) is 4.03. The molecular weight excluding hydrogens is 270 g/mol. The number of aliphatic hydroxyl groups is 1. The monoisotopic (exact) mass is 293 g/mol. The van der Waals surface area contributed by atoms with Crippen LogP contribution in [0.4, 0.5) is 0 Å². The summed E-state index contributed by atoms with van der Waals surface area (Å²) in [5.41, 5.74) is 1.62. The summed E-state index contributed by atoms with van der Waals surface area (Å²) in [6.07, 6.45) is 1.61. The minimum Gasteiger partial charge on any atom is -0.481 e. The molecule has 5 heteroatoms. The number of carboxylic acids is 1. The van der Waals surface area contributed by atoms with Crippen molar-refractivity contribution in [3.05, 3.63) is 35.4 Å². The van der Waals surface area contributed by atoms with Crippen molar-refractivity contribution in [1.29, 1.82) is 0 Å². The molecule has 1 unspecified atom stereocenters. The third-order valence-corrected chi connectivity index (χ3v) is 4.27. The van der Waals surface area contributed by atoms with Crippen molar-refractivity contribution < 1.29 is 19.7 Å². The van der Waals surface area contributed by atoms with Gasteiger partial charge in [0, 0.05) is 25.3 Å². The number of rotatable bonds is 6. The second kappa shape index (κ2) is 7.02. The van der Waals surface area contributed by atoms with Crippen LogP contribution in [0.2, 0.25) is 0 Å². The maximum absolute atomic E-state index is 10.9. The molecule has 116 valence electrons. The molecule has 2 rings (SSSR count). The molecule has 1 aliphatic heterocycles. The second-order valence-corrected chi connectivity index (χ2v) is 5.71. The number of hydrogen-bond acceptors (Lipinski definition) is 4. The molecule has 1 heterocycles. The standard InChI is InChI=1S/C16H23NO4/c1-12(15(19)20)14-4-2-13(3-5-14)10-17-16(11-18)6-8-21-9-7-16/h2-5,12,17-18H,6-11H2,1H3,(H,19,20). The highest BCUT2D eigenvalue weighted by Gasteiger charge is 2.31. The van der Waals surface area contributed by atoms with Gasteiger partial charge in [0.1, 0.15) is 0 Å². The van der Waals surface area contributed by atoms with Crippen LogP contribution in [0, 0.1) is 0 Å². The van der Waals surface area contributed by atoms with E-state index < -0.39 is 11.9 Å². The molecule has 0 amide bonds. The summed E-state index contributed by atoms with van der Waals surface area (Å²) in [6, 6.07) is 7.58. The fourth-order valence-electron chi connectivity index (χ4n) is 2.51. The lowest BCUT2D eigenvalue weighted by Gasteiger charge is -2.36. The number of ether oxygens (including phenoxy) is 1. The molecule has 1 aliphatic rings. The van der Waals surface area contributed by atoms with Gasteiger partial charge in [0.25, 0.3) is 0 Å². The molecule has 0 aromatic heterocycles. The van der Waals surface area contributed by atoms with Gasteiger partial charge < -0.3 is 20.3 Å². The van der Waals surface area contributed by atoms with E-state index in [0.29, 0.717) is 19.8 Å². The predicted molar refractivity (Wildman–Crippen MR) is 79.2 cm³/mol. The van der Waals surface area contributed by atoms with Gasteiger partial charge >= 0.3 is 5.97 Å². The van der Waals surface area contributed by atoms with Crippen LogP contribution in [0.5, 0.6) is 0 Å². The zero-order chi connectivity index (χ0) is 15.3. The Morgan fingerprint density at radius 2 is 1.95 bits per heavy atom. The molecule has 0 radical (unpaired) electrons. The molecule has 1 atom stereocenters. The number of nitrogens with one attached hydrogen (secondary N) is 1. The molecular formula is C16H23NO4. The molecule has 1 aromatic rings. The fraction of sp³-hybridized carbons (Fsp3) is 0.562. The summed E-state index contributed by atoms with van der Waals surface area (Å²) in [6.45, 7) is 3.77. The molecule has 5 nitrogen and oxygen atoms in total. The van der Waals surface area contributed by atoms with Gasteiger partial charge in [0.2, 0.25) is 0 Å². The van der Waals surface area contributed by atoms with Crippen LogP contribution in [0.1, 0.15) is 36.8 Å². The van der Waals surface area contributed by atoms with Crippen molar-refractivity contribution in [3.8, 4) is 0 Å². The Hall–Kier alpha value is -1.43. The summed E-state index contributed by atoms with van der Waals surface area (Å²) in [4.78, 5) is 10.9.